The highest BCUT2D eigenvalue weighted by atomic mass is 16.1. The van der Waals surface area contributed by atoms with Crippen LogP contribution < -0.4 is 10.7 Å². The van der Waals surface area contributed by atoms with E-state index in [1.54, 1.807) is 12.4 Å². The highest BCUT2D eigenvalue weighted by Crippen LogP contribution is 2.25. The zero-order chi connectivity index (χ0) is 17.1. The molecule has 4 rings (SSSR count). The van der Waals surface area contributed by atoms with Crippen molar-refractivity contribution < 1.29 is 4.79 Å². The van der Waals surface area contributed by atoms with Gasteiger partial charge in [0.05, 0.1) is 11.8 Å². The molecule has 6 nitrogen and oxygen atoms in total. The molecule has 25 heavy (non-hydrogen) atoms. The third-order valence-electron chi connectivity index (χ3n) is 4.07. The molecule has 1 aliphatic heterocycles. The van der Waals surface area contributed by atoms with E-state index in [0.717, 1.165) is 34.5 Å². The molecule has 3 heterocycles. The Hall–Kier alpha value is -3.41. The Labute approximate surface area is 145 Å². The predicted octanol–water partition coefficient (Wildman–Crippen LogP) is 2.81. The number of aromatic amines is 1. The number of anilines is 1. The normalized spacial score (nSPS) is 13.5. The topological polar surface area (TPSA) is 82.2 Å². The van der Waals surface area contributed by atoms with Crippen LogP contribution in [0.4, 0.5) is 5.82 Å². The fraction of sp³-hybridized carbons (Fsp3) is 0.105. The predicted molar refractivity (Wildman–Crippen MR) is 97.7 cm³/mol. The van der Waals surface area contributed by atoms with Gasteiger partial charge in [-0.2, -0.15) is 5.10 Å². The minimum absolute atomic E-state index is 0.0244. The fourth-order valence-electron chi connectivity index (χ4n) is 2.82. The second-order valence-electron chi connectivity index (χ2n) is 5.79. The molecule has 0 radical (unpaired) electrons. The fourth-order valence-corrected chi connectivity index (χ4v) is 2.82. The molecule has 0 spiro atoms. The second-order valence-corrected chi connectivity index (χ2v) is 5.79. The van der Waals surface area contributed by atoms with Crippen LogP contribution in [0.25, 0.3) is 11.3 Å². The molecular weight excluding hydrogens is 314 g/mol. The SMILES string of the molecule is O=C1NCCc2[nH]c(-c3ccnc(N/N=C/c4ccccc4)c3)cc21. The van der Waals surface area contributed by atoms with Gasteiger partial charge in [-0.25, -0.2) is 4.98 Å². The maximum absolute atomic E-state index is 11.9. The van der Waals surface area contributed by atoms with Crippen LogP contribution in [0.5, 0.6) is 0 Å². The minimum Gasteiger partial charge on any atom is -0.358 e. The lowest BCUT2D eigenvalue weighted by Crippen LogP contribution is -2.31. The average Bonchev–Trinajstić information content (AvgIpc) is 3.09. The lowest BCUT2D eigenvalue weighted by Gasteiger charge is -2.10. The van der Waals surface area contributed by atoms with Crippen LogP contribution in [0.1, 0.15) is 21.6 Å². The van der Waals surface area contributed by atoms with Gasteiger partial charge in [0.2, 0.25) is 0 Å². The number of fused-ring (bicyclic) bond motifs is 1. The second kappa shape index (κ2) is 6.60. The summed E-state index contributed by atoms with van der Waals surface area (Å²) in [7, 11) is 0. The number of hydrogen-bond donors (Lipinski definition) is 3. The zero-order valence-corrected chi connectivity index (χ0v) is 13.5. The van der Waals surface area contributed by atoms with E-state index >= 15 is 0 Å². The smallest absolute Gasteiger partial charge is 0.253 e. The number of carbonyl (C=O) groups is 1. The summed E-state index contributed by atoms with van der Waals surface area (Å²) in [5.41, 5.74) is 7.50. The zero-order valence-electron chi connectivity index (χ0n) is 13.5. The van der Waals surface area contributed by atoms with Gasteiger partial charge in [0.1, 0.15) is 5.82 Å². The van der Waals surface area contributed by atoms with Crippen LogP contribution in [0, 0.1) is 0 Å². The van der Waals surface area contributed by atoms with Crippen molar-refractivity contribution in [3.05, 3.63) is 71.5 Å². The molecule has 3 aromatic rings. The first-order chi connectivity index (χ1) is 12.3. The van der Waals surface area contributed by atoms with E-state index < -0.39 is 0 Å². The van der Waals surface area contributed by atoms with Crippen molar-refractivity contribution in [2.24, 2.45) is 5.10 Å². The van der Waals surface area contributed by atoms with E-state index in [9.17, 15) is 4.79 Å². The lowest BCUT2D eigenvalue weighted by molar-refractivity contribution is 0.0946. The lowest BCUT2D eigenvalue weighted by atomic mass is 10.1. The number of benzene rings is 1. The Kier molecular flexibility index (Phi) is 4.00. The third kappa shape index (κ3) is 3.28. The number of H-pyrrole nitrogens is 1. The Balaban J connectivity index is 1.54. The molecule has 2 aromatic heterocycles. The number of rotatable bonds is 4. The van der Waals surface area contributed by atoms with Gasteiger partial charge in [-0.1, -0.05) is 30.3 Å². The number of hydrogen-bond acceptors (Lipinski definition) is 4. The van der Waals surface area contributed by atoms with Crippen molar-refractivity contribution in [3.63, 3.8) is 0 Å². The monoisotopic (exact) mass is 331 g/mol. The van der Waals surface area contributed by atoms with Crippen molar-refractivity contribution >= 4 is 17.9 Å². The summed E-state index contributed by atoms with van der Waals surface area (Å²) in [5.74, 6) is 0.616. The number of hydrazone groups is 1. The minimum atomic E-state index is -0.0244. The Morgan fingerprint density at radius 3 is 2.88 bits per heavy atom. The molecule has 0 saturated carbocycles. The van der Waals surface area contributed by atoms with Crippen LogP contribution >= 0.6 is 0 Å². The summed E-state index contributed by atoms with van der Waals surface area (Å²) in [6.45, 7) is 0.670. The largest absolute Gasteiger partial charge is 0.358 e. The van der Waals surface area contributed by atoms with Gasteiger partial charge in [-0.3, -0.25) is 10.2 Å². The molecule has 0 saturated heterocycles. The first kappa shape index (κ1) is 15.1. The first-order valence-corrected chi connectivity index (χ1v) is 8.10. The number of amides is 1. The van der Waals surface area contributed by atoms with E-state index in [1.807, 2.05) is 48.5 Å². The molecule has 124 valence electrons. The van der Waals surface area contributed by atoms with Crippen molar-refractivity contribution in [2.45, 2.75) is 6.42 Å². The third-order valence-corrected chi connectivity index (χ3v) is 4.07. The van der Waals surface area contributed by atoms with Gasteiger partial charge in [0, 0.05) is 36.1 Å². The molecule has 1 aliphatic rings. The quantitative estimate of drug-likeness (QED) is 0.508. The Morgan fingerprint density at radius 1 is 1.16 bits per heavy atom. The van der Waals surface area contributed by atoms with Crippen molar-refractivity contribution in [1.29, 1.82) is 0 Å². The van der Waals surface area contributed by atoms with Crippen LogP contribution in [0.3, 0.4) is 0 Å². The molecule has 1 amide bonds. The molecule has 0 unspecified atom stereocenters. The molecule has 6 heteroatoms. The van der Waals surface area contributed by atoms with Crippen LogP contribution in [0.2, 0.25) is 0 Å². The van der Waals surface area contributed by atoms with E-state index in [2.05, 4.69) is 25.8 Å². The highest BCUT2D eigenvalue weighted by molar-refractivity contribution is 5.97. The maximum Gasteiger partial charge on any atom is 0.253 e. The summed E-state index contributed by atoms with van der Waals surface area (Å²) >= 11 is 0. The number of carbonyl (C=O) groups excluding carboxylic acids is 1. The summed E-state index contributed by atoms with van der Waals surface area (Å²) in [5, 5.41) is 7.07. The van der Waals surface area contributed by atoms with Gasteiger partial charge >= 0.3 is 0 Å². The van der Waals surface area contributed by atoms with E-state index in [4.69, 9.17) is 0 Å². The molecule has 3 N–H and O–H groups in total. The number of pyridine rings is 1. The number of nitrogens with zero attached hydrogens (tertiary/aromatic N) is 2. The number of nitrogens with one attached hydrogen (secondary N) is 3. The van der Waals surface area contributed by atoms with Gasteiger partial charge in [0.15, 0.2) is 0 Å². The molecule has 0 aliphatic carbocycles. The van der Waals surface area contributed by atoms with Crippen molar-refractivity contribution in [2.75, 3.05) is 12.0 Å². The Morgan fingerprint density at radius 2 is 2.04 bits per heavy atom. The van der Waals surface area contributed by atoms with Crippen LogP contribution in [-0.2, 0) is 6.42 Å². The van der Waals surface area contributed by atoms with Gasteiger partial charge in [0.25, 0.3) is 5.91 Å². The van der Waals surface area contributed by atoms with E-state index in [-0.39, 0.29) is 5.91 Å². The van der Waals surface area contributed by atoms with Crippen molar-refractivity contribution in [3.8, 4) is 11.3 Å². The maximum atomic E-state index is 11.9. The summed E-state index contributed by atoms with van der Waals surface area (Å²) < 4.78 is 0. The van der Waals surface area contributed by atoms with E-state index in [0.29, 0.717) is 12.4 Å². The first-order valence-electron chi connectivity index (χ1n) is 8.10. The standard InChI is InChI=1S/C19H17N5O/c25-19-15-11-17(23-16(15)7-9-21-19)14-6-8-20-18(10-14)24-22-12-13-4-2-1-3-5-13/h1-6,8,10-12,23H,7,9H2,(H,20,24)(H,21,25)/b22-12+. The highest BCUT2D eigenvalue weighted by Gasteiger charge is 2.19. The Bertz CT molecular complexity index is 930. The summed E-state index contributed by atoms with van der Waals surface area (Å²) in [6, 6.07) is 15.5. The van der Waals surface area contributed by atoms with Gasteiger partial charge < -0.3 is 10.3 Å². The van der Waals surface area contributed by atoms with Crippen molar-refractivity contribution in [1.82, 2.24) is 15.3 Å². The van der Waals surface area contributed by atoms with Gasteiger partial charge in [-0.15, -0.1) is 0 Å². The molecule has 0 bridgehead atoms. The number of aromatic nitrogens is 2. The average molecular weight is 331 g/mol. The molecule has 1 aromatic carbocycles. The van der Waals surface area contributed by atoms with Gasteiger partial charge in [-0.05, 0) is 23.8 Å². The molecular formula is C19H17N5O. The molecule has 0 fully saturated rings. The van der Waals surface area contributed by atoms with Crippen LogP contribution in [0.15, 0.2) is 59.8 Å². The van der Waals surface area contributed by atoms with E-state index in [1.165, 1.54) is 0 Å². The molecule has 0 atom stereocenters. The summed E-state index contributed by atoms with van der Waals surface area (Å²) in [6.07, 6.45) is 4.28. The van der Waals surface area contributed by atoms with Crippen LogP contribution in [-0.4, -0.2) is 28.6 Å². The summed E-state index contributed by atoms with van der Waals surface area (Å²) in [4.78, 5) is 19.5.